The van der Waals surface area contributed by atoms with Gasteiger partial charge < -0.3 is 9.88 Å². The zero-order chi connectivity index (χ0) is 15.6. The van der Waals surface area contributed by atoms with Crippen LogP contribution in [-0.2, 0) is 12.7 Å². The summed E-state index contributed by atoms with van der Waals surface area (Å²) in [4.78, 5) is 4.15. The van der Waals surface area contributed by atoms with Gasteiger partial charge in [0.05, 0.1) is 11.3 Å². The second-order valence-electron chi connectivity index (χ2n) is 5.11. The number of rotatable bonds is 4. The van der Waals surface area contributed by atoms with Gasteiger partial charge in [-0.25, -0.2) is 4.98 Å². The molecule has 0 aliphatic rings. The predicted molar refractivity (Wildman–Crippen MR) is 79.5 cm³/mol. The second-order valence-corrected chi connectivity index (χ2v) is 5.97. The highest BCUT2D eigenvalue weighted by Gasteiger charge is 2.31. The second kappa shape index (κ2) is 6.09. The highest BCUT2D eigenvalue weighted by molar-refractivity contribution is 9.10. The van der Waals surface area contributed by atoms with Crippen LogP contribution in [-0.4, -0.2) is 9.55 Å². The lowest BCUT2D eigenvalue weighted by atomic mass is 10.2. The summed E-state index contributed by atoms with van der Waals surface area (Å²) in [5.41, 5.74) is -0.365. The minimum absolute atomic E-state index is 0.334. The van der Waals surface area contributed by atoms with Crippen molar-refractivity contribution in [3.8, 4) is 0 Å². The van der Waals surface area contributed by atoms with E-state index in [1.807, 2.05) is 4.57 Å². The molecule has 3 nitrogen and oxygen atoms in total. The van der Waals surface area contributed by atoms with Crippen LogP contribution in [0, 0.1) is 5.92 Å². The van der Waals surface area contributed by atoms with Gasteiger partial charge in [0.2, 0.25) is 5.95 Å². The van der Waals surface area contributed by atoms with Crippen molar-refractivity contribution in [1.82, 2.24) is 9.55 Å². The van der Waals surface area contributed by atoms with Crippen molar-refractivity contribution in [2.24, 2.45) is 5.92 Å². The Morgan fingerprint density at radius 2 is 2.05 bits per heavy atom. The molecule has 0 amide bonds. The van der Waals surface area contributed by atoms with Crippen molar-refractivity contribution >= 4 is 27.6 Å². The summed E-state index contributed by atoms with van der Waals surface area (Å²) in [5, 5.41) is 2.94. The van der Waals surface area contributed by atoms with E-state index >= 15 is 0 Å². The fraction of sp³-hybridized carbons (Fsp3) is 0.357. The first-order valence-electron chi connectivity index (χ1n) is 6.42. The van der Waals surface area contributed by atoms with Crippen LogP contribution in [0.15, 0.2) is 35.1 Å². The Morgan fingerprint density at radius 3 is 2.67 bits per heavy atom. The summed E-state index contributed by atoms with van der Waals surface area (Å²) in [5.74, 6) is 0.924. The van der Waals surface area contributed by atoms with Crippen LogP contribution in [0.1, 0.15) is 19.4 Å². The molecule has 0 saturated carbocycles. The average molecular weight is 362 g/mol. The number of hydrogen-bond acceptors (Lipinski definition) is 2. The minimum Gasteiger partial charge on any atom is -0.325 e. The van der Waals surface area contributed by atoms with E-state index in [4.69, 9.17) is 0 Å². The molecule has 0 spiro atoms. The van der Waals surface area contributed by atoms with Crippen molar-refractivity contribution in [2.75, 3.05) is 5.32 Å². The van der Waals surface area contributed by atoms with Gasteiger partial charge in [0.1, 0.15) is 0 Å². The van der Waals surface area contributed by atoms with Crippen LogP contribution in [0.25, 0.3) is 0 Å². The van der Waals surface area contributed by atoms with E-state index in [9.17, 15) is 13.2 Å². The molecule has 0 saturated heterocycles. The first-order chi connectivity index (χ1) is 9.77. The van der Waals surface area contributed by atoms with Crippen LogP contribution in [0.5, 0.6) is 0 Å². The van der Waals surface area contributed by atoms with E-state index in [2.05, 4.69) is 40.1 Å². The molecular formula is C14H15BrF3N3. The number of aromatic nitrogens is 2. The normalized spacial score (nSPS) is 12.0. The summed E-state index contributed by atoms with van der Waals surface area (Å²) in [7, 11) is 0. The Morgan fingerprint density at radius 1 is 1.33 bits per heavy atom. The molecule has 1 heterocycles. The zero-order valence-corrected chi connectivity index (χ0v) is 13.2. The molecule has 2 rings (SSSR count). The van der Waals surface area contributed by atoms with Gasteiger partial charge in [-0.3, -0.25) is 0 Å². The Kier molecular flexibility index (Phi) is 4.61. The van der Waals surface area contributed by atoms with Crippen LogP contribution in [0.4, 0.5) is 24.8 Å². The number of halogens is 4. The van der Waals surface area contributed by atoms with Crippen LogP contribution in [0.3, 0.4) is 0 Å². The maximum absolute atomic E-state index is 12.8. The lowest BCUT2D eigenvalue weighted by Gasteiger charge is -2.14. The van der Waals surface area contributed by atoms with Gasteiger partial charge in [0.25, 0.3) is 0 Å². The van der Waals surface area contributed by atoms with Gasteiger partial charge in [-0.15, -0.1) is 0 Å². The Balaban J connectivity index is 2.29. The SMILES string of the molecule is CC(C)Cn1ccnc1Nc1cc(C(F)(F)F)ccc1Br. The quantitative estimate of drug-likeness (QED) is 0.824. The molecule has 21 heavy (non-hydrogen) atoms. The third-order valence-corrected chi connectivity index (χ3v) is 3.51. The monoisotopic (exact) mass is 361 g/mol. The van der Waals surface area contributed by atoms with Crippen molar-refractivity contribution in [3.05, 3.63) is 40.6 Å². The van der Waals surface area contributed by atoms with Gasteiger partial charge in [-0.1, -0.05) is 13.8 Å². The zero-order valence-electron chi connectivity index (χ0n) is 11.6. The maximum atomic E-state index is 12.8. The smallest absolute Gasteiger partial charge is 0.325 e. The fourth-order valence-corrected chi connectivity index (χ4v) is 2.24. The fourth-order valence-electron chi connectivity index (χ4n) is 1.89. The summed E-state index contributed by atoms with van der Waals surface area (Å²) >= 11 is 3.25. The van der Waals surface area contributed by atoms with Crippen molar-refractivity contribution in [3.63, 3.8) is 0 Å². The van der Waals surface area contributed by atoms with Gasteiger partial charge in [0, 0.05) is 23.4 Å². The van der Waals surface area contributed by atoms with E-state index in [0.717, 1.165) is 18.7 Å². The molecule has 1 aromatic heterocycles. The molecule has 7 heteroatoms. The first kappa shape index (κ1) is 15.9. The highest BCUT2D eigenvalue weighted by atomic mass is 79.9. The lowest BCUT2D eigenvalue weighted by molar-refractivity contribution is -0.137. The molecule has 0 radical (unpaired) electrons. The molecule has 0 atom stereocenters. The summed E-state index contributed by atoms with van der Waals surface area (Å²) < 4.78 is 40.7. The Labute approximate surface area is 129 Å². The van der Waals surface area contributed by atoms with Gasteiger partial charge in [-0.05, 0) is 40.0 Å². The molecule has 1 N–H and O–H groups in total. The third-order valence-electron chi connectivity index (χ3n) is 2.82. The molecule has 114 valence electrons. The molecule has 0 aliphatic heterocycles. The van der Waals surface area contributed by atoms with E-state index in [1.165, 1.54) is 6.07 Å². The van der Waals surface area contributed by atoms with Gasteiger partial charge in [0.15, 0.2) is 0 Å². The number of alkyl halides is 3. The molecule has 0 aliphatic carbocycles. The van der Waals surface area contributed by atoms with Crippen molar-refractivity contribution in [2.45, 2.75) is 26.6 Å². The number of nitrogens with one attached hydrogen (secondary N) is 1. The summed E-state index contributed by atoms with van der Waals surface area (Å²) in [6, 6.07) is 3.48. The third kappa shape index (κ3) is 4.00. The van der Waals surface area contributed by atoms with Crippen LogP contribution >= 0.6 is 15.9 Å². The minimum atomic E-state index is -4.37. The van der Waals surface area contributed by atoms with Crippen molar-refractivity contribution in [1.29, 1.82) is 0 Å². The first-order valence-corrected chi connectivity index (χ1v) is 7.21. The standard InChI is InChI=1S/C14H15BrF3N3/c1-9(2)8-21-6-5-19-13(21)20-12-7-10(14(16,17)18)3-4-11(12)15/h3-7,9H,8H2,1-2H3,(H,19,20). The largest absolute Gasteiger partial charge is 0.416 e. The van der Waals surface area contributed by atoms with E-state index in [0.29, 0.717) is 22.0 Å². The van der Waals surface area contributed by atoms with E-state index in [-0.39, 0.29) is 0 Å². The molecular weight excluding hydrogens is 347 g/mol. The Hall–Kier alpha value is -1.50. The van der Waals surface area contributed by atoms with Gasteiger partial charge >= 0.3 is 6.18 Å². The molecule has 0 unspecified atom stereocenters. The average Bonchev–Trinajstić information content (AvgIpc) is 2.77. The van der Waals surface area contributed by atoms with Crippen LogP contribution in [0.2, 0.25) is 0 Å². The van der Waals surface area contributed by atoms with Crippen LogP contribution < -0.4 is 5.32 Å². The number of benzene rings is 1. The van der Waals surface area contributed by atoms with E-state index in [1.54, 1.807) is 12.4 Å². The molecule has 1 aromatic carbocycles. The lowest BCUT2D eigenvalue weighted by Crippen LogP contribution is -2.09. The summed E-state index contributed by atoms with van der Waals surface area (Å²) in [6.45, 7) is 4.85. The number of imidazole rings is 1. The summed E-state index contributed by atoms with van der Waals surface area (Å²) in [6.07, 6.45) is -0.958. The van der Waals surface area contributed by atoms with E-state index < -0.39 is 11.7 Å². The number of nitrogens with zero attached hydrogens (tertiary/aromatic N) is 2. The maximum Gasteiger partial charge on any atom is 0.416 e. The van der Waals surface area contributed by atoms with Gasteiger partial charge in [-0.2, -0.15) is 13.2 Å². The molecule has 0 fully saturated rings. The topological polar surface area (TPSA) is 29.9 Å². The van der Waals surface area contributed by atoms with Crippen molar-refractivity contribution < 1.29 is 13.2 Å². The number of anilines is 2. The predicted octanol–water partition coefficient (Wildman–Crippen LogP) is 5.06. The highest BCUT2D eigenvalue weighted by Crippen LogP contribution is 2.34. The number of hydrogen-bond donors (Lipinski definition) is 1. The molecule has 0 bridgehead atoms. The Bertz CT molecular complexity index is 620. The molecule has 2 aromatic rings.